The van der Waals surface area contributed by atoms with Crippen LogP contribution in [0, 0.1) is 12.8 Å². The Labute approximate surface area is 195 Å². The van der Waals surface area contributed by atoms with Crippen molar-refractivity contribution in [3.63, 3.8) is 0 Å². The van der Waals surface area contributed by atoms with Crippen LogP contribution >= 0.6 is 0 Å². The number of methoxy groups -OCH3 is 1. The maximum atomic E-state index is 12.9. The van der Waals surface area contributed by atoms with Crippen molar-refractivity contribution in [3.8, 4) is 0 Å². The van der Waals surface area contributed by atoms with Crippen molar-refractivity contribution in [1.29, 1.82) is 0 Å². The number of benzene rings is 1. The summed E-state index contributed by atoms with van der Waals surface area (Å²) in [6.45, 7) is 6.99. The van der Waals surface area contributed by atoms with E-state index in [1.807, 2.05) is 43.3 Å². The minimum absolute atomic E-state index is 0.135. The van der Waals surface area contributed by atoms with E-state index in [9.17, 15) is 9.59 Å². The molecule has 7 nitrogen and oxygen atoms in total. The Morgan fingerprint density at radius 3 is 2.55 bits per heavy atom. The average Bonchev–Trinajstić information content (AvgIpc) is 3.38. The van der Waals surface area contributed by atoms with Crippen LogP contribution in [0.1, 0.15) is 55.6 Å². The summed E-state index contributed by atoms with van der Waals surface area (Å²) in [5.41, 5.74) is 0.334. The van der Waals surface area contributed by atoms with Crippen molar-refractivity contribution in [3.05, 3.63) is 59.5 Å². The van der Waals surface area contributed by atoms with Crippen molar-refractivity contribution < 1.29 is 23.6 Å². The molecule has 0 bridgehead atoms. The first-order valence-corrected chi connectivity index (χ1v) is 11.8. The van der Waals surface area contributed by atoms with Gasteiger partial charge in [0.2, 0.25) is 5.91 Å². The summed E-state index contributed by atoms with van der Waals surface area (Å²) in [6, 6.07) is 13.8. The van der Waals surface area contributed by atoms with Crippen LogP contribution < -0.4 is 0 Å². The Balaban J connectivity index is 1.41. The molecule has 1 amide bonds. The van der Waals surface area contributed by atoms with E-state index >= 15 is 0 Å². The largest absolute Gasteiger partial charge is 0.469 e. The molecule has 2 aliphatic rings. The molecular formula is C26H34N2O5. The fourth-order valence-corrected chi connectivity index (χ4v) is 5.15. The predicted molar refractivity (Wildman–Crippen MR) is 123 cm³/mol. The first kappa shape index (κ1) is 23.5. The molecule has 0 N–H and O–H groups in total. The standard InChI is InChI=1S/C26H34N2O5/c1-19(23-10-9-20(2)33-23)11-14-27-15-12-26(13-16-27)22(25(30)31-3)17-24(29)28(26)32-18-21-7-5-4-6-8-21/h4-10,19,22H,11-18H2,1-3H3. The molecule has 2 atom stereocenters. The number of carbonyl (C=O) groups is 2. The zero-order valence-corrected chi connectivity index (χ0v) is 19.8. The third-order valence-electron chi connectivity index (χ3n) is 7.19. The summed E-state index contributed by atoms with van der Waals surface area (Å²) in [6.07, 6.45) is 2.49. The molecule has 0 aliphatic carbocycles. The van der Waals surface area contributed by atoms with Gasteiger partial charge in [-0.1, -0.05) is 37.3 Å². The lowest BCUT2D eigenvalue weighted by molar-refractivity contribution is -0.229. The first-order valence-electron chi connectivity index (χ1n) is 11.8. The molecule has 1 spiro atoms. The number of ether oxygens (including phenoxy) is 1. The number of furan rings is 1. The summed E-state index contributed by atoms with van der Waals surface area (Å²) in [7, 11) is 1.39. The molecule has 33 heavy (non-hydrogen) atoms. The van der Waals surface area contributed by atoms with E-state index in [0.29, 0.717) is 25.4 Å². The second-order valence-corrected chi connectivity index (χ2v) is 9.31. The summed E-state index contributed by atoms with van der Waals surface area (Å²) in [5.74, 6) is 1.33. The number of esters is 1. The number of rotatable bonds is 8. The molecule has 0 saturated carbocycles. The lowest BCUT2D eigenvalue weighted by atomic mass is 9.77. The van der Waals surface area contributed by atoms with Crippen molar-refractivity contribution in [2.24, 2.45) is 5.92 Å². The second-order valence-electron chi connectivity index (χ2n) is 9.31. The van der Waals surface area contributed by atoms with E-state index in [-0.39, 0.29) is 18.3 Å². The quantitative estimate of drug-likeness (QED) is 0.560. The third kappa shape index (κ3) is 4.99. The van der Waals surface area contributed by atoms with Crippen LogP contribution in [0.2, 0.25) is 0 Å². The Kier molecular flexibility index (Phi) is 7.20. The van der Waals surface area contributed by atoms with Gasteiger partial charge in [0.25, 0.3) is 0 Å². The highest BCUT2D eigenvalue weighted by atomic mass is 16.7. The zero-order valence-electron chi connectivity index (χ0n) is 19.8. The van der Waals surface area contributed by atoms with Crippen molar-refractivity contribution in [2.75, 3.05) is 26.7 Å². The molecule has 2 fully saturated rings. The number of likely N-dealkylation sites (tertiary alicyclic amines) is 1. The average molecular weight is 455 g/mol. The van der Waals surface area contributed by atoms with Gasteiger partial charge < -0.3 is 14.1 Å². The van der Waals surface area contributed by atoms with Crippen molar-refractivity contribution in [1.82, 2.24) is 9.96 Å². The normalized spacial score (nSPS) is 21.5. The van der Waals surface area contributed by atoms with Gasteiger partial charge in [-0.05, 0) is 50.4 Å². The molecule has 4 rings (SSSR count). The summed E-state index contributed by atoms with van der Waals surface area (Å²) < 4.78 is 10.9. The minimum Gasteiger partial charge on any atom is -0.469 e. The predicted octanol–water partition coefficient (Wildman–Crippen LogP) is 4.07. The number of carbonyl (C=O) groups excluding carboxylic acids is 2. The highest BCUT2D eigenvalue weighted by Gasteiger charge is 2.58. The lowest BCUT2D eigenvalue weighted by Gasteiger charge is -2.46. The maximum absolute atomic E-state index is 12.9. The molecule has 0 radical (unpaired) electrons. The maximum Gasteiger partial charge on any atom is 0.311 e. The topological polar surface area (TPSA) is 72.2 Å². The van der Waals surface area contributed by atoms with Gasteiger partial charge in [-0.15, -0.1) is 0 Å². The highest BCUT2D eigenvalue weighted by molar-refractivity contribution is 5.88. The van der Waals surface area contributed by atoms with Gasteiger partial charge in [-0.3, -0.25) is 14.4 Å². The molecule has 2 saturated heterocycles. The Morgan fingerprint density at radius 1 is 1.18 bits per heavy atom. The fourth-order valence-electron chi connectivity index (χ4n) is 5.15. The van der Waals surface area contributed by atoms with E-state index in [0.717, 1.165) is 43.1 Å². The zero-order chi connectivity index (χ0) is 23.4. The Morgan fingerprint density at radius 2 is 1.91 bits per heavy atom. The van der Waals surface area contributed by atoms with E-state index in [1.165, 1.54) is 12.2 Å². The van der Waals surface area contributed by atoms with E-state index < -0.39 is 11.5 Å². The van der Waals surface area contributed by atoms with Crippen molar-refractivity contribution in [2.45, 2.75) is 57.6 Å². The summed E-state index contributed by atoms with van der Waals surface area (Å²) in [4.78, 5) is 34.0. The van der Waals surface area contributed by atoms with Gasteiger partial charge >= 0.3 is 5.97 Å². The lowest BCUT2D eigenvalue weighted by Crippen LogP contribution is -2.57. The number of hydrogen-bond donors (Lipinski definition) is 0. The van der Waals surface area contributed by atoms with Gasteiger partial charge in [0.15, 0.2) is 0 Å². The van der Waals surface area contributed by atoms with Gasteiger partial charge in [0, 0.05) is 25.4 Å². The monoisotopic (exact) mass is 454 g/mol. The first-order chi connectivity index (χ1) is 15.9. The molecular weight excluding hydrogens is 420 g/mol. The van der Waals surface area contributed by atoms with Crippen LogP contribution in [0.3, 0.4) is 0 Å². The third-order valence-corrected chi connectivity index (χ3v) is 7.19. The van der Waals surface area contributed by atoms with Gasteiger partial charge in [-0.25, -0.2) is 5.06 Å². The van der Waals surface area contributed by atoms with Gasteiger partial charge in [-0.2, -0.15) is 0 Å². The van der Waals surface area contributed by atoms with E-state index in [2.05, 4.69) is 17.9 Å². The Bertz CT molecular complexity index is 949. The number of hydroxylamine groups is 2. The fraction of sp³-hybridized carbons (Fsp3) is 0.538. The smallest absolute Gasteiger partial charge is 0.311 e. The van der Waals surface area contributed by atoms with Crippen LogP contribution in [-0.2, 0) is 25.8 Å². The number of nitrogens with zero attached hydrogens (tertiary/aromatic N) is 2. The van der Waals surface area contributed by atoms with Crippen LogP contribution in [-0.4, -0.2) is 54.1 Å². The molecule has 7 heteroatoms. The molecule has 3 heterocycles. The highest BCUT2D eigenvalue weighted by Crippen LogP contribution is 2.44. The number of piperidine rings is 1. The van der Waals surface area contributed by atoms with E-state index in [4.69, 9.17) is 14.0 Å². The number of amides is 1. The molecule has 2 aliphatic heterocycles. The number of aryl methyl sites for hydroxylation is 1. The number of hydrogen-bond acceptors (Lipinski definition) is 6. The molecule has 1 aromatic carbocycles. The molecule has 178 valence electrons. The van der Waals surface area contributed by atoms with Crippen LogP contribution in [0.4, 0.5) is 0 Å². The van der Waals surface area contributed by atoms with Crippen molar-refractivity contribution >= 4 is 11.9 Å². The summed E-state index contributed by atoms with van der Waals surface area (Å²) in [5, 5.41) is 1.51. The van der Waals surface area contributed by atoms with Crippen LogP contribution in [0.25, 0.3) is 0 Å². The van der Waals surface area contributed by atoms with Crippen LogP contribution in [0.15, 0.2) is 46.9 Å². The molecule has 2 unspecified atom stereocenters. The SMILES string of the molecule is COC(=O)C1CC(=O)N(OCc2ccccc2)C12CCN(CCC(C)c1ccc(C)o1)CC2. The Hall–Kier alpha value is -2.64. The second kappa shape index (κ2) is 10.1. The molecule has 1 aromatic heterocycles. The minimum atomic E-state index is -0.654. The van der Waals surface area contributed by atoms with Gasteiger partial charge in [0.05, 0.1) is 18.6 Å². The van der Waals surface area contributed by atoms with E-state index in [1.54, 1.807) is 0 Å². The van der Waals surface area contributed by atoms with Gasteiger partial charge in [0.1, 0.15) is 18.1 Å². The summed E-state index contributed by atoms with van der Waals surface area (Å²) >= 11 is 0. The van der Waals surface area contributed by atoms with Crippen LogP contribution in [0.5, 0.6) is 0 Å². The molecule has 2 aromatic rings.